The highest BCUT2D eigenvalue weighted by atomic mass is 35.5. The monoisotopic (exact) mass is 317 g/mol. The van der Waals surface area contributed by atoms with Gasteiger partial charge in [-0.2, -0.15) is 0 Å². The summed E-state index contributed by atoms with van der Waals surface area (Å²) in [6, 6.07) is 13.1. The van der Waals surface area contributed by atoms with E-state index in [0.29, 0.717) is 17.2 Å². The summed E-state index contributed by atoms with van der Waals surface area (Å²) in [5.41, 5.74) is 2.99. The summed E-state index contributed by atoms with van der Waals surface area (Å²) in [5.74, 6) is 0.348. The van der Waals surface area contributed by atoms with Crippen LogP contribution in [0.4, 0.5) is 5.69 Å². The molecular weight excluding hydrogens is 298 g/mol. The fourth-order valence-corrected chi connectivity index (χ4v) is 2.36. The zero-order chi connectivity index (χ0) is 16.1. The molecule has 0 bridgehead atoms. The molecule has 1 atom stereocenters. The minimum Gasteiger partial charge on any atom is -0.479 e. The molecule has 0 saturated carbocycles. The smallest absolute Gasteiger partial charge is 0.265 e. The summed E-state index contributed by atoms with van der Waals surface area (Å²) in [5, 5.41) is 3.42. The second-order valence-corrected chi connectivity index (χ2v) is 5.66. The first kappa shape index (κ1) is 16.4. The van der Waals surface area contributed by atoms with E-state index in [4.69, 9.17) is 16.3 Å². The van der Waals surface area contributed by atoms with Gasteiger partial charge in [0.2, 0.25) is 0 Å². The van der Waals surface area contributed by atoms with Gasteiger partial charge in [-0.3, -0.25) is 4.79 Å². The van der Waals surface area contributed by atoms with E-state index in [1.54, 1.807) is 12.1 Å². The zero-order valence-electron chi connectivity index (χ0n) is 13.0. The van der Waals surface area contributed by atoms with Crippen LogP contribution in [0.5, 0.6) is 5.75 Å². The summed E-state index contributed by atoms with van der Waals surface area (Å²) in [4.78, 5) is 12.4. The number of para-hydroxylation sites is 1. The summed E-state index contributed by atoms with van der Waals surface area (Å²) in [6.45, 7) is 5.90. The molecule has 2 aromatic carbocycles. The van der Waals surface area contributed by atoms with Crippen molar-refractivity contribution in [3.8, 4) is 5.75 Å². The molecule has 3 nitrogen and oxygen atoms in total. The molecule has 0 aliphatic rings. The average molecular weight is 318 g/mol. The molecule has 2 rings (SSSR count). The number of nitrogens with one attached hydrogen (secondary N) is 1. The van der Waals surface area contributed by atoms with Gasteiger partial charge < -0.3 is 10.1 Å². The molecule has 0 saturated heterocycles. The third-order valence-electron chi connectivity index (χ3n) is 3.41. The lowest BCUT2D eigenvalue weighted by molar-refractivity contribution is -0.122. The third-order valence-corrected chi connectivity index (χ3v) is 3.72. The normalized spacial score (nSPS) is 11.8. The Morgan fingerprint density at radius 3 is 2.59 bits per heavy atom. The van der Waals surface area contributed by atoms with Crippen molar-refractivity contribution in [3.63, 3.8) is 0 Å². The molecule has 0 aliphatic carbocycles. The van der Waals surface area contributed by atoms with Crippen LogP contribution in [0.15, 0.2) is 42.5 Å². The number of anilines is 1. The molecular formula is C18H20ClNO2. The second kappa shape index (κ2) is 7.32. The van der Waals surface area contributed by atoms with E-state index >= 15 is 0 Å². The third kappa shape index (κ3) is 4.01. The minimum atomic E-state index is -0.583. The largest absolute Gasteiger partial charge is 0.479 e. The Bertz CT molecular complexity index is 670. The lowest BCUT2D eigenvalue weighted by atomic mass is 10.1. The Balaban J connectivity index is 2.10. The van der Waals surface area contributed by atoms with Crippen LogP contribution in [0, 0.1) is 13.8 Å². The average Bonchev–Trinajstić information content (AvgIpc) is 2.49. The van der Waals surface area contributed by atoms with Crippen molar-refractivity contribution >= 4 is 23.2 Å². The van der Waals surface area contributed by atoms with Crippen LogP contribution in [0.1, 0.15) is 24.5 Å². The van der Waals surface area contributed by atoms with Crippen molar-refractivity contribution in [2.24, 2.45) is 0 Å². The lowest BCUT2D eigenvalue weighted by Gasteiger charge is -2.19. The van der Waals surface area contributed by atoms with E-state index in [2.05, 4.69) is 5.32 Å². The molecule has 116 valence electrons. The van der Waals surface area contributed by atoms with E-state index in [9.17, 15) is 4.79 Å². The summed E-state index contributed by atoms with van der Waals surface area (Å²) in [7, 11) is 0. The zero-order valence-corrected chi connectivity index (χ0v) is 13.8. The fraction of sp³-hybridized carbons (Fsp3) is 0.278. The van der Waals surface area contributed by atoms with Gasteiger partial charge in [-0.15, -0.1) is 0 Å². The van der Waals surface area contributed by atoms with Crippen LogP contribution in [-0.4, -0.2) is 12.0 Å². The molecule has 1 amide bonds. The number of rotatable bonds is 5. The Morgan fingerprint density at radius 1 is 1.23 bits per heavy atom. The van der Waals surface area contributed by atoms with E-state index in [-0.39, 0.29) is 5.91 Å². The number of benzene rings is 2. The van der Waals surface area contributed by atoms with E-state index < -0.39 is 6.10 Å². The van der Waals surface area contributed by atoms with Crippen molar-refractivity contribution < 1.29 is 9.53 Å². The van der Waals surface area contributed by atoms with Crippen LogP contribution in [0.25, 0.3) is 0 Å². The first-order chi connectivity index (χ1) is 10.5. The first-order valence-electron chi connectivity index (χ1n) is 7.30. The van der Waals surface area contributed by atoms with Crippen molar-refractivity contribution in [2.45, 2.75) is 33.3 Å². The molecule has 0 radical (unpaired) electrons. The number of aryl methyl sites for hydroxylation is 2. The van der Waals surface area contributed by atoms with Gasteiger partial charge in [0.1, 0.15) is 5.75 Å². The summed E-state index contributed by atoms with van der Waals surface area (Å²) < 4.78 is 5.75. The molecule has 0 aliphatic heterocycles. The number of hydrogen-bond donors (Lipinski definition) is 1. The van der Waals surface area contributed by atoms with Gasteiger partial charge in [0.05, 0.1) is 5.02 Å². The number of halogens is 1. The van der Waals surface area contributed by atoms with E-state index in [0.717, 1.165) is 16.8 Å². The van der Waals surface area contributed by atoms with Crippen LogP contribution in [0.2, 0.25) is 5.02 Å². The molecule has 0 fully saturated rings. The maximum absolute atomic E-state index is 12.4. The van der Waals surface area contributed by atoms with Crippen molar-refractivity contribution in [3.05, 3.63) is 58.6 Å². The van der Waals surface area contributed by atoms with Crippen LogP contribution in [0.3, 0.4) is 0 Å². The molecule has 2 aromatic rings. The van der Waals surface area contributed by atoms with E-state index in [1.807, 2.05) is 51.1 Å². The second-order valence-electron chi connectivity index (χ2n) is 5.25. The van der Waals surface area contributed by atoms with Gasteiger partial charge in [-0.25, -0.2) is 0 Å². The number of carbonyl (C=O) groups excluding carboxylic acids is 1. The highest BCUT2D eigenvalue weighted by Crippen LogP contribution is 2.25. The Morgan fingerprint density at radius 2 is 1.95 bits per heavy atom. The maximum atomic E-state index is 12.4. The predicted molar refractivity (Wildman–Crippen MR) is 90.7 cm³/mol. The highest BCUT2D eigenvalue weighted by molar-refractivity contribution is 6.32. The maximum Gasteiger partial charge on any atom is 0.265 e. The topological polar surface area (TPSA) is 38.3 Å². The molecule has 4 heteroatoms. The van der Waals surface area contributed by atoms with Gasteiger partial charge >= 0.3 is 0 Å². The summed E-state index contributed by atoms with van der Waals surface area (Å²) in [6.07, 6.45) is -0.0253. The molecule has 0 unspecified atom stereocenters. The number of carbonyl (C=O) groups is 1. The Hall–Kier alpha value is -2.00. The van der Waals surface area contributed by atoms with Crippen molar-refractivity contribution in [1.82, 2.24) is 0 Å². The molecule has 1 N–H and O–H groups in total. The lowest BCUT2D eigenvalue weighted by Crippen LogP contribution is -2.32. The Kier molecular flexibility index (Phi) is 5.45. The van der Waals surface area contributed by atoms with Crippen molar-refractivity contribution in [1.29, 1.82) is 0 Å². The fourth-order valence-electron chi connectivity index (χ4n) is 2.18. The molecule has 0 aromatic heterocycles. The number of ether oxygens (including phenoxy) is 1. The molecule has 0 heterocycles. The van der Waals surface area contributed by atoms with Gasteiger partial charge in [0.25, 0.3) is 5.91 Å². The Labute approximate surface area is 136 Å². The molecule has 0 spiro atoms. The molecule has 22 heavy (non-hydrogen) atoms. The predicted octanol–water partition coefficient (Wildman–Crippen LogP) is 4.75. The van der Waals surface area contributed by atoms with Crippen molar-refractivity contribution in [2.75, 3.05) is 5.32 Å². The van der Waals surface area contributed by atoms with Gasteiger partial charge in [-0.05, 0) is 44.0 Å². The van der Waals surface area contributed by atoms with Crippen LogP contribution in [-0.2, 0) is 4.79 Å². The van der Waals surface area contributed by atoms with Crippen LogP contribution >= 0.6 is 11.6 Å². The highest BCUT2D eigenvalue weighted by Gasteiger charge is 2.20. The van der Waals surface area contributed by atoms with E-state index in [1.165, 1.54) is 0 Å². The summed E-state index contributed by atoms with van der Waals surface area (Å²) >= 11 is 6.08. The first-order valence-corrected chi connectivity index (χ1v) is 7.68. The van der Waals surface area contributed by atoms with Crippen LogP contribution < -0.4 is 10.1 Å². The van der Waals surface area contributed by atoms with Gasteiger partial charge in [0, 0.05) is 5.69 Å². The number of hydrogen-bond acceptors (Lipinski definition) is 2. The number of amides is 1. The quantitative estimate of drug-likeness (QED) is 0.864. The standard InChI is InChI=1S/C18H20ClNO2/c1-4-16(22-17-8-6-5-7-14(17)19)18(21)20-15-10-9-12(2)11-13(15)3/h5-11,16H,4H2,1-3H3,(H,20,21)/t16-/m1/s1. The van der Waals surface area contributed by atoms with Gasteiger partial charge in [0.15, 0.2) is 6.10 Å². The van der Waals surface area contributed by atoms with Gasteiger partial charge in [-0.1, -0.05) is 48.4 Å². The SMILES string of the molecule is CC[C@@H](Oc1ccccc1Cl)C(=O)Nc1ccc(C)cc1C. The minimum absolute atomic E-state index is 0.172.